The Morgan fingerprint density at radius 3 is 2.72 bits per heavy atom. The van der Waals surface area contributed by atoms with Gasteiger partial charge >= 0.3 is 0 Å². The van der Waals surface area contributed by atoms with Crippen LogP contribution in [-0.2, 0) is 9.05 Å². The highest BCUT2D eigenvalue weighted by Crippen LogP contribution is 2.30. The van der Waals surface area contributed by atoms with Crippen molar-refractivity contribution in [3.05, 3.63) is 22.7 Å². The molecule has 0 saturated carbocycles. The maximum atomic E-state index is 11.4. The topological polar surface area (TPSA) is 67.2 Å². The zero-order valence-electron chi connectivity index (χ0n) is 9.40. The van der Waals surface area contributed by atoms with Crippen LogP contribution in [0, 0.1) is 11.3 Å². The summed E-state index contributed by atoms with van der Waals surface area (Å²) in [4.78, 5) is -0.0566. The molecular formula is C11H11BrClNO3S. The highest BCUT2D eigenvalue weighted by atomic mass is 79.9. The standard InChI is InChI=1S/C11H11BrClNO3S/c12-9-4-5-10(11(8-9)18(13,15)16)17-7-3-1-2-6-14/h4-5,8H,1-3,7H2. The Morgan fingerprint density at radius 1 is 1.39 bits per heavy atom. The van der Waals surface area contributed by atoms with E-state index in [1.165, 1.54) is 6.07 Å². The van der Waals surface area contributed by atoms with Gasteiger partial charge in [-0.2, -0.15) is 5.26 Å². The van der Waals surface area contributed by atoms with Crippen LogP contribution in [0.3, 0.4) is 0 Å². The van der Waals surface area contributed by atoms with Gasteiger partial charge < -0.3 is 4.74 Å². The average molecular weight is 353 g/mol. The Kier molecular flexibility index (Phi) is 5.93. The summed E-state index contributed by atoms with van der Waals surface area (Å²) in [6, 6.07) is 6.65. The molecule has 0 aliphatic heterocycles. The molecule has 7 heteroatoms. The zero-order valence-corrected chi connectivity index (χ0v) is 12.6. The Hall–Kier alpha value is -0.770. The molecule has 0 aliphatic rings. The van der Waals surface area contributed by atoms with Crippen LogP contribution in [0.25, 0.3) is 0 Å². The molecule has 0 saturated heterocycles. The van der Waals surface area contributed by atoms with Gasteiger partial charge in [0, 0.05) is 21.6 Å². The molecular weight excluding hydrogens is 342 g/mol. The maximum Gasteiger partial charge on any atom is 0.265 e. The lowest BCUT2D eigenvalue weighted by Gasteiger charge is -2.09. The minimum Gasteiger partial charge on any atom is -0.492 e. The largest absolute Gasteiger partial charge is 0.492 e. The molecule has 98 valence electrons. The summed E-state index contributed by atoms with van der Waals surface area (Å²) in [5.41, 5.74) is 0. The number of unbranched alkanes of at least 4 members (excludes halogenated alkanes) is 2. The first-order valence-electron chi connectivity index (χ1n) is 5.19. The third kappa shape index (κ3) is 4.84. The van der Waals surface area contributed by atoms with Crippen molar-refractivity contribution in [3.8, 4) is 11.8 Å². The van der Waals surface area contributed by atoms with Gasteiger partial charge in [-0.05, 0) is 31.0 Å². The summed E-state index contributed by atoms with van der Waals surface area (Å²) >= 11 is 3.18. The molecule has 0 radical (unpaired) electrons. The first-order chi connectivity index (χ1) is 8.45. The molecule has 1 rings (SSSR count). The number of ether oxygens (including phenoxy) is 1. The van der Waals surface area contributed by atoms with Crippen molar-refractivity contribution < 1.29 is 13.2 Å². The summed E-state index contributed by atoms with van der Waals surface area (Å²) < 4.78 is 28.7. The van der Waals surface area contributed by atoms with Crippen LogP contribution in [0.5, 0.6) is 5.75 Å². The summed E-state index contributed by atoms with van der Waals surface area (Å²) in [6.07, 6.45) is 1.87. The van der Waals surface area contributed by atoms with Gasteiger partial charge in [-0.3, -0.25) is 0 Å². The summed E-state index contributed by atoms with van der Waals surface area (Å²) in [5, 5.41) is 8.37. The monoisotopic (exact) mass is 351 g/mol. The van der Waals surface area contributed by atoms with E-state index in [9.17, 15) is 8.42 Å². The molecule has 1 aromatic carbocycles. The van der Waals surface area contributed by atoms with E-state index in [2.05, 4.69) is 15.9 Å². The molecule has 4 nitrogen and oxygen atoms in total. The lowest BCUT2D eigenvalue weighted by Crippen LogP contribution is -2.02. The molecule has 0 spiro atoms. The Bertz CT molecular complexity index is 554. The number of nitriles is 1. The number of hydrogen-bond donors (Lipinski definition) is 0. The predicted octanol–water partition coefficient (Wildman–Crippen LogP) is 3.45. The van der Waals surface area contributed by atoms with Crippen molar-refractivity contribution in [3.63, 3.8) is 0 Å². The fourth-order valence-corrected chi connectivity index (χ4v) is 2.79. The van der Waals surface area contributed by atoms with E-state index in [-0.39, 0.29) is 10.6 Å². The van der Waals surface area contributed by atoms with Crippen LogP contribution in [0.1, 0.15) is 19.3 Å². The normalized spacial score (nSPS) is 10.9. The molecule has 0 amide bonds. The number of halogens is 2. The number of benzene rings is 1. The van der Waals surface area contributed by atoms with Gasteiger partial charge in [0.15, 0.2) is 0 Å². The van der Waals surface area contributed by atoms with Crippen molar-refractivity contribution in [1.82, 2.24) is 0 Å². The molecule has 0 bridgehead atoms. The smallest absolute Gasteiger partial charge is 0.265 e. The fraction of sp³-hybridized carbons (Fsp3) is 0.364. The Labute approximate surface area is 119 Å². The summed E-state index contributed by atoms with van der Waals surface area (Å²) in [7, 11) is 1.49. The van der Waals surface area contributed by atoms with Gasteiger partial charge in [-0.1, -0.05) is 15.9 Å². The quantitative estimate of drug-likeness (QED) is 0.581. The lowest BCUT2D eigenvalue weighted by atomic mass is 10.2. The molecule has 0 fully saturated rings. The van der Waals surface area contributed by atoms with E-state index in [1.54, 1.807) is 12.1 Å². The van der Waals surface area contributed by atoms with Gasteiger partial charge in [0.25, 0.3) is 9.05 Å². The van der Waals surface area contributed by atoms with Gasteiger partial charge in [-0.25, -0.2) is 8.42 Å². The number of nitrogens with zero attached hydrogens (tertiary/aromatic N) is 1. The van der Waals surface area contributed by atoms with E-state index >= 15 is 0 Å². The highest BCUT2D eigenvalue weighted by molar-refractivity contribution is 9.10. The molecule has 0 aliphatic carbocycles. The molecule has 0 aromatic heterocycles. The molecule has 0 unspecified atom stereocenters. The van der Waals surface area contributed by atoms with E-state index in [4.69, 9.17) is 20.7 Å². The maximum absolute atomic E-state index is 11.4. The second kappa shape index (κ2) is 6.98. The van der Waals surface area contributed by atoms with E-state index in [0.717, 1.165) is 6.42 Å². The predicted molar refractivity (Wildman–Crippen MR) is 72.1 cm³/mol. The van der Waals surface area contributed by atoms with Crippen LogP contribution in [0.4, 0.5) is 0 Å². The molecule has 0 heterocycles. The van der Waals surface area contributed by atoms with Crippen molar-refractivity contribution in [2.75, 3.05) is 6.61 Å². The van der Waals surface area contributed by atoms with E-state index < -0.39 is 9.05 Å². The van der Waals surface area contributed by atoms with Crippen molar-refractivity contribution in [2.45, 2.75) is 24.2 Å². The van der Waals surface area contributed by atoms with E-state index in [1.807, 2.05) is 6.07 Å². The van der Waals surface area contributed by atoms with Crippen LogP contribution < -0.4 is 4.74 Å². The van der Waals surface area contributed by atoms with Gasteiger partial charge in [0.05, 0.1) is 12.7 Å². The van der Waals surface area contributed by atoms with E-state index in [0.29, 0.717) is 23.9 Å². The summed E-state index contributed by atoms with van der Waals surface area (Å²) in [6.45, 7) is 0.350. The minimum atomic E-state index is -3.84. The zero-order chi connectivity index (χ0) is 13.6. The number of hydrogen-bond acceptors (Lipinski definition) is 4. The van der Waals surface area contributed by atoms with Gasteiger partial charge in [0.2, 0.25) is 0 Å². The molecule has 0 N–H and O–H groups in total. The summed E-state index contributed by atoms with van der Waals surface area (Å²) in [5.74, 6) is 0.227. The van der Waals surface area contributed by atoms with Crippen LogP contribution >= 0.6 is 26.6 Å². The van der Waals surface area contributed by atoms with Gasteiger partial charge in [0.1, 0.15) is 10.6 Å². The fourth-order valence-electron chi connectivity index (χ4n) is 1.28. The molecule has 1 aromatic rings. The number of rotatable bonds is 6. The SMILES string of the molecule is N#CCCCCOc1ccc(Br)cc1S(=O)(=O)Cl. The highest BCUT2D eigenvalue weighted by Gasteiger charge is 2.17. The second-order valence-electron chi connectivity index (χ2n) is 3.49. The van der Waals surface area contributed by atoms with Crippen molar-refractivity contribution in [2.24, 2.45) is 0 Å². The van der Waals surface area contributed by atoms with Crippen LogP contribution in [0.2, 0.25) is 0 Å². The van der Waals surface area contributed by atoms with Crippen molar-refractivity contribution >= 4 is 35.7 Å². The van der Waals surface area contributed by atoms with Crippen LogP contribution in [-0.4, -0.2) is 15.0 Å². The third-order valence-electron chi connectivity index (χ3n) is 2.11. The second-order valence-corrected chi connectivity index (χ2v) is 6.94. The molecule has 18 heavy (non-hydrogen) atoms. The first-order valence-corrected chi connectivity index (χ1v) is 8.29. The Morgan fingerprint density at radius 2 is 2.11 bits per heavy atom. The first kappa shape index (κ1) is 15.3. The lowest BCUT2D eigenvalue weighted by molar-refractivity contribution is 0.300. The Balaban J connectivity index is 2.74. The van der Waals surface area contributed by atoms with Crippen molar-refractivity contribution in [1.29, 1.82) is 5.26 Å². The third-order valence-corrected chi connectivity index (χ3v) is 3.95. The minimum absolute atomic E-state index is 0.0566. The van der Waals surface area contributed by atoms with Gasteiger partial charge in [-0.15, -0.1) is 0 Å². The van der Waals surface area contributed by atoms with Crippen LogP contribution in [0.15, 0.2) is 27.6 Å². The average Bonchev–Trinajstić information content (AvgIpc) is 2.29. The molecule has 0 atom stereocenters.